The summed E-state index contributed by atoms with van der Waals surface area (Å²) in [6.45, 7) is 0.0741. The van der Waals surface area contributed by atoms with Crippen molar-refractivity contribution in [2.45, 2.75) is 6.42 Å². The summed E-state index contributed by atoms with van der Waals surface area (Å²) in [7, 11) is 0. The van der Waals surface area contributed by atoms with Gasteiger partial charge in [0.05, 0.1) is 12.7 Å². The Morgan fingerprint density at radius 3 is 2.62 bits per heavy atom. The smallest absolute Gasteiger partial charge is 0.177 e. The van der Waals surface area contributed by atoms with Gasteiger partial charge in [-0.2, -0.15) is 0 Å². The molecule has 0 radical (unpaired) electrons. The van der Waals surface area contributed by atoms with Crippen molar-refractivity contribution in [2.75, 3.05) is 6.61 Å². The standard InChI is InChI=1S/C13H12O3/c14-11(9-13-7-4-8-15-13)10-16-12-5-2-1-3-6-12/h1-8H,9-10H2. The number of ether oxygens (including phenoxy) is 1. The Morgan fingerprint density at radius 2 is 1.94 bits per heavy atom. The molecular formula is C13H12O3. The van der Waals surface area contributed by atoms with Crippen molar-refractivity contribution < 1.29 is 13.9 Å². The summed E-state index contributed by atoms with van der Waals surface area (Å²) in [4.78, 5) is 11.5. The van der Waals surface area contributed by atoms with Crippen LogP contribution < -0.4 is 4.74 Å². The molecule has 0 bridgehead atoms. The van der Waals surface area contributed by atoms with E-state index in [9.17, 15) is 4.79 Å². The maximum atomic E-state index is 11.5. The third-order valence-electron chi connectivity index (χ3n) is 2.09. The SMILES string of the molecule is O=C(COc1ccccc1)Cc1ccco1. The lowest BCUT2D eigenvalue weighted by Gasteiger charge is -2.03. The van der Waals surface area contributed by atoms with Gasteiger partial charge in [0.2, 0.25) is 0 Å². The third-order valence-corrected chi connectivity index (χ3v) is 2.09. The molecule has 0 spiro atoms. The van der Waals surface area contributed by atoms with Gasteiger partial charge >= 0.3 is 0 Å². The zero-order valence-electron chi connectivity index (χ0n) is 8.76. The van der Waals surface area contributed by atoms with Crippen molar-refractivity contribution in [1.29, 1.82) is 0 Å². The van der Waals surface area contributed by atoms with Crippen LogP contribution >= 0.6 is 0 Å². The molecule has 0 saturated carbocycles. The van der Waals surface area contributed by atoms with Crippen LogP contribution in [0.4, 0.5) is 0 Å². The van der Waals surface area contributed by atoms with Gasteiger partial charge in [-0.3, -0.25) is 4.79 Å². The molecule has 0 atom stereocenters. The fraction of sp³-hybridized carbons (Fsp3) is 0.154. The van der Waals surface area contributed by atoms with Crippen LogP contribution in [0.5, 0.6) is 5.75 Å². The normalized spacial score (nSPS) is 10.0. The number of benzene rings is 1. The van der Waals surface area contributed by atoms with Gasteiger partial charge in [-0.15, -0.1) is 0 Å². The lowest BCUT2D eigenvalue weighted by Crippen LogP contribution is -2.13. The summed E-state index contributed by atoms with van der Waals surface area (Å²) < 4.78 is 10.4. The maximum absolute atomic E-state index is 11.5. The molecule has 16 heavy (non-hydrogen) atoms. The highest BCUT2D eigenvalue weighted by Gasteiger charge is 2.06. The lowest BCUT2D eigenvalue weighted by molar-refractivity contribution is -0.120. The third kappa shape index (κ3) is 2.98. The molecular weight excluding hydrogens is 204 g/mol. The molecule has 82 valence electrons. The summed E-state index contributed by atoms with van der Waals surface area (Å²) in [5, 5.41) is 0. The van der Waals surface area contributed by atoms with Crippen molar-refractivity contribution in [2.24, 2.45) is 0 Å². The summed E-state index contributed by atoms with van der Waals surface area (Å²) in [5.74, 6) is 1.37. The van der Waals surface area contributed by atoms with Crippen LogP contribution in [0.2, 0.25) is 0 Å². The van der Waals surface area contributed by atoms with E-state index in [2.05, 4.69) is 0 Å². The van der Waals surface area contributed by atoms with Crippen LogP contribution in [-0.2, 0) is 11.2 Å². The Morgan fingerprint density at radius 1 is 1.12 bits per heavy atom. The molecule has 0 aliphatic rings. The van der Waals surface area contributed by atoms with Gasteiger partial charge in [-0.05, 0) is 24.3 Å². The predicted molar refractivity (Wildman–Crippen MR) is 59.4 cm³/mol. The van der Waals surface area contributed by atoms with Gasteiger partial charge in [-0.25, -0.2) is 0 Å². The van der Waals surface area contributed by atoms with Crippen LogP contribution in [0.3, 0.4) is 0 Å². The van der Waals surface area contributed by atoms with Gasteiger partial charge in [0.1, 0.15) is 18.1 Å². The number of Topliss-reactive ketones (excluding diaryl/α,β-unsaturated/α-hetero) is 1. The number of furan rings is 1. The molecule has 0 saturated heterocycles. The minimum atomic E-state index is -0.00111. The molecule has 1 aromatic carbocycles. The van der Waals surface area contributed by atoms with E-state index in [1.165, 1.54) is 0 Å². The summed E-state index contributed by atoms with van der Waals surface area (Å²) in [6.07, 6.45) is 1.83. The number of carbonyl (C=O) groups is 1. The first-order chi connectivity index (χ1) is 7.84. The van der Waals surface area contributed by atoms with E-state index in [1.54, 1.807) is 18.4 Å². The van der Waals surface area contributed by atoms with E-state index in [-0.39, 0.29) is 18.8 Å². The first-order valence-corrected chi connectivity index (χ1v) is 5.06. The van der Waals surface area contributed by atoms with E-state index in [4.69, 9.17) is 9.15 Å². The highest BCUT2D eigenvalue weighted by atomic mass is 16.5. The number of rotatable bonds is 5. The monoisotopic (exact) mass is 216 g/mol. The zero-order chi connectivity index (χ0) is 11.2. The minimum absolute atomic E-state index is 0.00111. The molecule has 0 aliphatic heterocycles. The van der Waals surface area contributed by atoms with Gasteiger partial charge in [0.25, 0.3) is 0 Å². The van der Waals surface area contributed by atoms with Crippen molar-refractivity contribution in [3.63, 3.8) is 0 Å². The molecule has 2 rings (SSSR count). The maximum Gasteiger partial charge on any atom is 0.177 e. The quantitative estimate of drug-likeness (QED) is 0.770. The molecule has 0 unspecified atom stereocenters. The number of carbonyl (C=O) groups excluding carboxylic acids is 1. The predicted octanol–water partition coefficient (Wildman–Crippen LogP) is 2.47. The van der Waals surface area contributed by atoms with Gasteiger partial charge in [-0.1, -0.05) is 18.2 Å². The molecule has 1 heterocycles. The van der Waals surface area contributed by atoms with Crippen molar-refractivity contribution in [3.8, 4) is 5.75 Å². The van der Waals surface area contributed by atoms with Crippen LogP contribution in [-0.4, -0.2) is 12.4 Å². The first-order valence-electron chi connectivity index (χ1n) is 5.06. The van der Waals surface area contributed by atoms with E-state index in [0.717, 1.165) is 0 Å². The molecule has 1 aromatic heterocycles. The first kappa shape index (κ1) is 10.5. The zero-order valence-corrected chi connectivity index (χ0v) is 8.76. The Bertz CT molecular complexity index is 431. The van der Waals surface area contributed by atoms with E-state index < -0.39 is 0 Å². The van der Waals surface area contributed by atoms with Crippen LogP contribution in [0, 0.1) is 0 Å². The summed E-state index contributed by atoms with van der Waals surface area (Å²) >= 11 is 0. The number of hydrogen-bond donors (Lipinski definition) is 0. The fourth-order valence-electron chi connectivity index (χ4n) is 1.34. The molecule has 3 heteroatoms. The summed E-state index contributed by atoms with van der Waals surface area (Å²) in [6, 6.07) is 12.8. The molecule has 3 nitrogen and oxygen atoms in total. The molecule has 2 aromatic rings. The Kier molecular flexibility index (Phi) is 3.38. The second-order valence-electron chi connectivity index (χ2n) is 3.40. The van der Waals surface area contributed by atoms with E-state index in [1.807, 2.05) is 30.3 Å². The van der Waals surface area contributed by atoms with Crippen molar-refractivity contribution >= 4 is 5.78 Å². The van der Waals surface area contributed by atoms with Gasteiger partial charge in [0.15, 0.2) is 5.78 Å². The topological polar surface area (TPSA) is 39.4 Å². The van der Waals surface area contributed by atoms with Crippen LogP contribution in [0.15, 0.2) is 53.1 Å². The van der Waals surface area contributed by atoms with Gasteiger partial charge in [0, 0.05) is 0 Å². The molecule has 0 fully saturated rings. The molecule has 0 amide bonds. The van der Waals surface area contributed by atoms with E-state index >= 15 is 0 Å². The number of para-hydroxylation sites is 1. The minimum Gasteiger partial charge on any atom is -0.486 e. The second kappa shape index (κ2) is 5.16. The molecule has 0 N–H and O–H groups in total. The fourth-order valence-corrected chi connectivity index (χ4v) is 1.34. The number of ketones is 1. The van der Waals surface area contributed by atoms with Crippen molar-refractivity contribution in [3.05, 3.63) is 54.5 Å². The second-order valence-corrected chi connectivity index (χ2v) is 3.40. The Hall–Kier alpha value is -2.03. The average Bonchev–Trinajstić information content (AvgIpc) is 2.81. The summed E-state index contributed by atoms with van der Waals surface area (Å²) in [5.41, 5.74) is 0. The Balaban J connectivity index is 1.80. The molecule has 0 aliphatic carbocycles. The highest BCUT2D eigenvalue weighted by Crippen LogP contribution is 2.08. The van der Waals surface area contributed by atoms with Crippen LogP contribution in [0.25, 0.3) is 0 Å². The van der Waals surface area contributed by atoms with E-state index in [0.29, 0.717) is 11.5 Å². The average molecular weight is 216 g/mol. The number of hydrogen-bond acceptors (Lipinski definition) is 3. The highest BCUT2D eigenvalue weighted by molar-refractivity contribution is 5.81. The van der Waals surface area contributed by atoms with Crippen LogP contribution in [0.1, 0.15) is 5.76 Å². The Labute approximate surface area is 93.7 Å². The lowest BCUT2D eigenvalue weighted by atomic mass is 10.2. The van der Waals surface area contributed by atoms with Crippen molar-refractivity contribution in [1.82, 2.24) is 0 Å². The van der Waals surface area contributed by atoms with Gasteiger partial charge < -0.3 is 9.15 Å². The largest absolute Gasteiger partial charge is 0.486 e.